The highest BCUT2D eigenvalue weighted by atomic mass is 19.4. The molecule has 2 aromatic carbocycles. The smallest absolute Gasteiger partial charge is 0.416 e. The highest BCUT2D eigenvalue weighted by Gasteiger charge is 2.35. The molecule has 1 aliphatic carbocycles. The molecule has 1 saturated carbocycles. The van der Waals surface area contributed by atoms with Gasteiger partial charge in [0.15, 0.2) is 0 Å². The van der Waals surface area contributed by atoms with E-state index in [0.29, 0.717) is 28.4 Å². The van der Waals surface area contributed by atoms with E-state index in [9.17, 15) is 18.0 Å². The van der Waals surface area contributed by atoms with Crippen LogP contribution in [0.5, 0.6) is 0 Å². The zero-order valence-corrected chi connectivity index (χ0v) is 15.2. The number of ether oxygens (including phenoxy) is 1. The van der Waals surface area contributed by atoms with Gasteiger partial charge in [0, 0.05) is 17.2 Å². The molecular weight excluding hydrogens is 367 g/mol. The zero-order valence-electron chi connectivity index (χ0n) is 15.2. The first-order valence-electron chi connectivity index (χ1n) is 9.13. The Morgan fingerprint density at radius 2 is 2.00 bits per heavy atom. The molecule has 1 aliphatic heterocycles. The average molecular weight is 385 g/mol. The molecule has 0 bridgehead atoms. The summed E-state index contributed by atoms with van der Waals surface area (Å²) in [5, 5.41) is 0. The Balaban J connectivity index is 1.81. The Kier molecular flexibility index (Phi) is 4.52. The monoisotopic (exact) mass is 385 g/mol. The first kappa shape index (κ1) is 18.4. The number of halogens is 3. The van der Waals surface area contributed by atoms with E-state index in [2.05, 4.69) is 5.73 Å². The average Bonchev–Trinajstić information content (AvgIpc) is 3.51. The second-order valence-electron chi connectivity index (χ2n) is 6.83. The van der Waals surface area contributed by atoms with Crippen LogP contribution in [-0.4, -0.2) is 12.6 Å². The number of hydrogen-bond acceptors (Lipinski definition) is 3. The molecule has 4 rings (SSSR count). The third-order valence-corrected chi connectivity index (χ3v) is 4.79. The molecule has 1 fully saturated rings. The van der Waals surface area contributed by atoms with Crippen LogP contribution in [-0.2, 0) is 10.9 Å². The van der Waals surface area contributed by atoms with Crippen molar-refractivity contribution in [1.29, 1.82) is 0 Å². The van der Waals surface area contributed by atoms with Gasteiger partial charge < -0.3 is 9.64 Å². The second kappa shape index (κ2) is 6.88. The molecule has 2 aromatic rings. The summed E-state index contributed by atoms with van der Waals surface area (Å²) in [6, 6.07) is 10.6. The van der Waals surface area contributed by atoms with E-state index in [0.717, 1.165) is 30.7 Å². The van der Waals surface area contributed by atoms with Crippen molar-refractivity contribution in [2.24, 2.45) is 5.92 Å². The third-order valence-electron chi connectivity index (χ3n) is 4.79. The van der Waals surface area contributed by atoms with Crippen LogP contribution in [0, 0.1) is 5.92 Å². The molecule has 1 heterocycles. The van der Waals surface area contributed by atoms with Crippen molar-refractivity contribution in [3.05, 3.63) is 70.6 Å². The van der Waals surface area contributed by atoms with E-state index in [-0.39, 0.29) is 6.61 Å². The number of carbonyl (C=O) groups excluding carboxylic acids is 1. The van der Waals surface area contributed by atoms with Crippen molar-refractivity contribution in [3.8, 4) is 0 Å². The number of anilines is 2. The summed E-state index contributed by atoms with van der Waals surface area (Å²) < 4.78 is 44.4. The molecule has 0 aromatic heterocycles. The Hall–Kier alpha value is -2.98. The predicted octanol–water partition coefficient (Wildman–Crippen LogP) is 5.94. The van der Waals surface area contributed by atoms with Crippen molar-refractivity contribution in [2.75, 3.05) is 11.5 Å². The molecule has 3 nitrogen and oxygen atoms in total. The number of esters is 1. The predicted molar refractivity (Wildman–Crippen MR) is 100 cm³/mol. The highest BCUT2D eigenvalue weighted by molar-refractivity contribution is 5.91. The maximum Gasteiger partial charge on any atom is 0.416 e. The summed E-state index contributed by atoms with van der Waals surface area (Å²) in [4.78, 5) is 14.0. The molecule has 0 atom stereocenters. The maximum absolute atomic E-state index is 13.1. The summed E-state index contributed by atoms with van der Waals surface area (Å²) in [6.45, 7) is 2.01. The lowest BCUT2D eigenvalue weighted by Gasteiger charge is -2.30. The van der Waals surface area contributed by atoms with Crippen LogP contribution in [0.25, 0.3) is 6.08 Å². The summed E-state index contributed by atoms with van der Waals surface area (Å²) in [5.74, 6) is -0.112. The number of rotatable bonds is 4. The minimum absolute atomic E-state index is 0.270. The number of alkyl halides is 3. The molecule has 0 unspecified atom stereocenters. The molecular formula is C22H18F3NO2. The number of carbonyl (C=O) groups is 1. The Labute approximate surface area is 160 Å². The van der Waals surface area contributed by atoms with Crippen LogP contribution in [0.1, 0.15) is 41.3 Å². The molecule has 0 radical (unpaired) electrons. The molecule has 0 N–H and O–H groups in total. The van der Waals surface area contributed by atoms with E-state index in [1.165, 1.54) is 6.07 Å². The summed E-state index contributed by atoms with van der Waals surface area (Å²) in [5.41, 5.74) is 5.58. The Morgan fingerprint density at radius 1 is 1.21 bits per heavy atom. The van der Waals surface area contributed by atoms with E-state index < -0.39 is 17.7 Å². The van der Waals surface area contributed by atoms with E-state index >= 15 is 0 Å². The van der Waals surface area contributed by atoms with Crippen LogP contribution in [0.15, 0.2) is 53.9 Å². The fourth-order valence-electron chi connectivity index (χ4n) is 3.32. The summed E-state index contributed by atoms with van der Waals surface area (Å²) in [6.07, 6.45) is -0.762. The number of fused-ring (bicyclic) bond motifs is 1. The van der Waals surface area contributed by atoms with Gasteiger partial charge in [-0.15, -0.1) is 0 Å². The molecule has 0 spiro atoms. The van der Waals surface area contributed by atoms with Gasteiger partial charge in [-0.05, 0) is 62.2 Å². The van der Waals surface area contributed by atoms with Crippen molar-refractivity contribution in [2.45, 2.75) is 25.9 Å². The van der Waals surface area contributed by atoms with Gasteiger partial charge in [-0.3, -0.25) is 0 Å². The van der Waals surface area contributed by atoms with E-state index in [1.807, 2.05) is 11.0 Å². The van der Waals surface area contributed by atoms with Crippen LogP contribution in [0.2, 0.25) is 0 Å². The van der Waals surface area contributed by atoms with Gasteiger partial charge in [0.25, 0.3) is 0 Å². The van der Waals surface area contributed by atoms with Crippen molar-refractivity contribution < 1.29 is 22.7 Å². The fraction of sp³-hybridized carbons (Fsp3) is 0.273. The van der Waals surface area contributed by atoms with Crippen molar-refractivity contribution in [3.63, 3.8) is 0 Å². The maximum atomic E-state index is 13.1. The number of allylic oxidation sites excluding steroid dienone is 1. The molecule has 0 saturated heterocycles. The summed E-state index contributed by atoms with van der Waals surface area (Å²) >= 11 is 0. The van der Waals surface area contributed by atoms with E-state index in [4.69, 9.17) is 4.74 Å². The third kappa shape index (κ3) is 3.43. The number of nitrogens with zero attached hydrogens (tertiary/aromatic N) is 1. The summed E-state index contributed by atoms with van der Waals surface area (Å²) in [7, 11) is 0. The van der Waals surface area contributed by atoms with Gasteiger partial charge >= 0.3 is 12.1 Å². The van der Waals surface area contributed by atoms with Gasteiger partial charge in [-0.2, -0.15) is 13.2 Å². The van der Waals surface area contributed by atoms with Crippen LogP contribution in [0.4, 0.5) is 24.5 Å². The lowest BCUT2D eigenvalue weighted by Crippen LogP contribution is -2.21. The second-order valence-corrected chi connectivity index (χ2v) is 6.83. The van der Waals surface area contributed by atoms with Gasteiger partial charge in [-0.25, -0.2) is 4.79 Å². The Morgan fingerprint density at radius 3 is 2.68 bits per heavy atom. The van der Waals surface area contributed by atoms with Gasteiger partial charge in [0.1, 0.15) is 0 Å². The molecule has 28 heavy (non-hydrogen) atoms. The standard InChI is InChI=1S/C22H18F3NO2/c1-2-28-21(27)16-4-3-5-18(13-16)26-19(14-6-7-14)10-8-15-12-17(22(23,24)25)9-11-20(15)26/h3-5,8-9,11-14H,2,6-7H2,1H3. The zero-order chi connectivity index (χ0) is 19.9. The van der Waals surface area contributed by atoms with Crippen LogP contribution < -0.4 is 4.90 Å². The highest BCUT2D eigenvalue weighted by Crippen LogP contribution is 2.46. The number of benzene rings is 2. The fourth-order valence-corrected chi connectivity index (χ4v) is 3.32. The SMILES string of the molecule is CCOC(=O)c1cccc(N2C(C3CC3)=C=Cc3cc(C(F)(F)F)ccc32)c1. The molecule has 2 aliphatic rings. The van der Waals surface area contributed by atoms with Gasteiger partial charge in [0.05, 0.1) is 29.1 Å². The van der Waals surface area contributed by atoms with Crippen molar-refractivity contribution >= 4 is 23.4 Å². The molecule has 144 valence electrons. The molecule has 0 amide bonds. The quantitative estimate of drug-likeness (QED) is 0.482. The Bertz CT molecular complexity index is 999. The van der Waals surface area contributed by atoms with Crippen LogP contribution >= 0.6 is 0 Å². The first-order chi connectivity index (χ1) is 13.4. The number of hydrogen-bond donors (Lipinski definition) is 0. The minimum Gasteiger partial charge on any atom is -0.462 e. The first-order valence-corrected chi connectivity index (χ1v) is 9.13. The normalized spacial score (nSPS) is 15.9. The van der Waals surface area contributed by atoms with Gasteiger partial charge in [0.2, 0.25) is 0 Å². The minimum atomic E-state index is -4.40. The van der Waals surface area contributed by atoms with Crippen LogP contribution in [0.3, 0.4) is 0 Å². The van der Waals surface area contributed by atoms with Crippen molar-refractivity contribution in [1.82, 2.24) is 0 Å². The van der Waals surface area contributed by atoms with Gasteiger partial charge in [-0.1, -0.05) is 11.8 Å². The van der Waals surface area contributed by atoms with E-state index in [1.54, 1.807) is 31.2 Å². The lowest BCUT2D eigenvalue weighted by atomic mass is 10.0. The largest absolute Gasteiger partial charge is 0.462 e. The lowest BCUT2D eigenvalue weighted by molar-refractivity contribution is -0.137. The molecule has 6 heteroatoms. The topological polar surface area (TPSA) is 29.5 Å².